The molecule has 0 unspecified atom stereocenters. The molecule has 0 rings (SSSR count). The SMILES string of the molecule is CCCCCC(=O)N/N=C\C(C)C. The predicted octanol–water partition coefficient (Wildman–Crippen LogP) is 2.32. The van der Waals surface area contributed by atoms with E-state index in [-0.39, 0.29) is 5.91 Å². The van der Waals surface area contributed by atoms with Gasteiger partial charge in [-0.3, -0.25) is 4.79 Å². The van der Waals surface area contributed by atoms with Crippen LogP contribution in [0.15, 0.2) is 5.10 Å². The van der Waals surface area contributed by atoms with E-state index in [1.54, 1.807) is 6.21 Å². The summed E-state index contributed by atoms with van der Waals surface area (Å²) in [5.41, 5.74) is 2.50. The lowest BCUT2D eigenvalue weighted by Crippen LogP contribution is -2.17. The minimum absolute atomic E-state index is 0.0188. The number of nitrogens with one attached hydrogen (secondary N) is 1. The van der Waals surface area contributed by atoms with Crippen molar-refractivity contribution in [3.63, 3.8) is 0 Å². The summed E-state index contributed by atoms with van der Waals surface area (Å²) in [6, 6.07) is 0. The van der Waals surface area contributed by atoms with E-state index < -0.39 is 0 Å². The molecule has 1 amide bonds. The van der Waals surface area contributed by atoms with Crippen LogP contribution in [0.3, 0.4) is 0 Å². The smallest absolute Gasteiger partial charge is 0.240 e. The highest BCUT2D eigenvalue weighted by molar-refractivity contribution is 5.76. The van der Waals surface area contributed by atoms with Gasteiger partial charge in [0.1, 0.15) is 0 Å². The van der Waals surface area contributed by atoms with Gasteiger partial charge >= 0.3 is 0 Å². The summed E-state index contributed by atoms with van der Waals surface area (Å²) in [6.45, 7) is 6.16. The average molecular weight is 184 g/mol. The molecule has 3 heteroatoms. The molecule has 0 aromatic rings. The van der Waals surface area contributed by atoms with E-state index in [2.05, 4.69) is 17.5 Å². The van der Waals surface area contributed by atoms with E-state index in [9.17, 15) is 4.79 Å². The molecule has 0 spiro atoms. The number of nitrogens with zero attached hydrogens (tertiary/aromatic N) is 1. The molecule has 0 fully saturated rings. The van der Waals surface area contributed by atoms with Crippen LogP contribution in [0.2, 0.25) is 0 Å². The van der Waals surface area contributed by atoms with E-state index in [1.165, 1.54) is 0 Å². The molecule has 0 saturated carbocycles. The van der Waals surface area contributed by atoms with Gasteiger partial charge in [-0.25, -0.2) is 5.43 Å². The monoisotopic (exact) mass is 184 g/mol. The normalized spacial score (nSPS) is 11.1. The van der Waals surface area contributed by atoms with Crippen LogP contribution in [0.5, 0.6) is 0 Å². The van der Waals surface area contributed by atoms with E-state index >= 15 is 0 Å². The van der Waals surface area contributed by atoms with Gasteiger partial charge in [0.2, 0.25) is 5.91 Å². The molecule has 3 nitrogen and oxygen atoms in total. The van der Waals surface area contributed by atoms with Crippen molar-refractivity contribution >= 4 is 12.1 Å². The molecule has 0 aliphatic rings. The number of carbonyl (C=O) groups is 1. The van der Waals surface area contributed by atoms with Crippen molar-refractivity contribution in [2.24, 2.45) is 11.0 Å². The Labute approximate surface area is 80.6 Å². The van der Waals surface area contributed by atoms with Crippen molar-refractivity contribution in [2.75, 3.05) is 0 Å². The van der Waals surface area contributed by atoms with Gasteiger partial charge < -0.3 is 0 Å². The Bertz CT molecular complexity index is 164. The highest BCUT2D eigenvalue weighted by Crippen LogP contribution is 1.97. The second-order valence-electron chi connectivity index (χ2n) is 3.51. The molecule has 0 aliphatic carbocycles. The van der Waals surface area contributed by atoms with Crippen LogP contribution >= 0.6 is 0 Å². The maximum atomic E-state index is 11.1. The van der Waals surface area contributed by atoms with Crippen molar-refractivity contribution in [2.45, 2.75) is 46.5 Å². The minimum atomic E-state index is 0.0188. The summed E-state index contributed by atoms with van der Waals surface area (Å²) < 4.78 is 0. The third-order valence-corrected chi connectivity index (χ3v) is 1.57. The second kappa shape index (κ2) is 7.77. The highest BCUT2D eigenvalue weighted by atomic mass is 16.2. The fraction of sp³-hybridized carbons (Fsp3) is 0.800. The quantitative estimate of drug-likeness (QED) is 0.384. The molecule has 0 heterocycles. The first-order chi connectivity index (χ1) is 6.16. The van der Waals surface area contributed by atoms with Crippen molar-refractivity contribution in [1.82, 2.24) is 5.43 Å². The van der Waals surface area contributed by atoms with Gasteiger partial charge in [-0.05, 0) is 12.3 Å². The maximum Gasteiger partial charge on any atom is 0.240 e. The Morgan fingerprint density at radius 3 is 2.69 bits per heavy atom. The summed E-state index contributed by atoms with van der Waals surface area (Å²) in [7, 11) is 0. The lowest BCUT2D eigenvalue weighted by atomic mass is 10.2. The van der Waals surface area contributed by atoms with Gasteiger partial charge in [0, 0.05) is 12.6 Å². The van der Waals surface area contributed by atoms with Crippen LogP contribution in [0, 0.1) is 5.92 Å². The fourth-order valence-electron chi connectivity index (χ4n) is 0.850. The fourth-order valence-corrected chi connectivity index (χ4v) is 0.850. The largest absolute Gasteiger partial charge is 0.273 e. The molecule has 0 aromatic heterocycles. The van der Waals surface area contributed by atoms with Gasteiger partial charge in [0.15, 0.2) is 0 Å². The standard InChI is InChI=1S/C10H20N2O/c1-4-5-6-7-10(13)12-11-8-9(2)3/h8-9H,4-7H2,1-3H3,(H,12,13)/b11-8-. The lowest BCUT2D eigenvalue weighted by Gasteiger charge is -1.99. The predicted molar refractivity (Wildman–Crippen MR) is 55.6 cm³/mol. The second-order valence-corrected chi connectivity index (χ2v) is 3.51. The van der Waals surface area contributed by atoms with E-state index in [0.29, 0.717) is 12.3 Å². The lowest BCUT2D eigenvalue weighted by molar-refractivity contribution is -0.121. The van der Waals surface area contributed by atoms with Gasteiger partial charge in [-0.1, -0.05) is 33.6 Å². The number of hydrogen-bond acceptors (Lipinski definition) is 2. The van der Waals surface area contributed by atoms with Crippen molar-refractivity contribution in [3.8, 4) is 0 Å². The van der Waals surface area contributed by atoms with Gasteiger partial charge in [-0.2, -0.15) is 5.10 Å². The van der Waals surface area contributed by atoms with Crippen LogP contribution in [0.4, 0.5) is 0 Å². The topological polar surface area (TPSA) is 41.5 Å². The average Bonchev–Trinajstić information content (AvgIpc) is 2.04. The molecular weight excluding hydrogens is 164 g/mol. The molecule has 0 aliphatic heterocycles. The summed E-state index contributed by atoms with van der Waals surface area (Å²) in [6.07, 6.45) is 5.53. The van der Waals surface area contributed by atoms with E-state index in [0.717, 1.165) is 19.3 Å². The molecule has 13 heavy (non-hydrogen) atoms. The number of hydrazone groups is 1. The van der Waals surface area contributed by atoms with Crippen molar-refractivity contribution in [1.29, 1.82) is 0 Å². The third-order valence-electron chi connectivity index (χ3n) is 1.57. The zero-order chi connectivity index (χ0) is 10.1. The summed E-state index contributed by atoms with van der Waals surface area (Å²) in [5.74, 6) is 0.404. The molecule has 0 bridgehead atoms. The number of unbranched alkanes of at least 4 members (excludes halogenated alkanes) is 2. The highest BCUT2D eigenvalue weighted by Gasteiger charge is 1.97. The Hall–Kier alpha value is -0.860. The Kier molecular flexibility index (Phi) is 7.26. The zero-order valence-corrected chi connectivity index (χ0v) is 8.84. The first-order valence-corrected chi connectivity index (χ1v) is 4.98. The number of hydrogen-bond donors (Lipinski definition) is 1. The molecule has 0 radical (unpaired) electrons. The van der Waals surface area contributed by atoms with Crippen LogP contribution in [0.1, 0.15) is 46.5 Å². The number of rotatable bonds is 6. The number of amides is 1. The molecule has 0 saturated heterocycles. The molecular formula is C10H20N2O. The van der Waals surface area contributed by atoms with Crippen LogP contribution in [-0.2, 0) is 4.79 Å². The molecule has 0 aromatic carbocycles. The van der Waals surface area contributed by atoms with Crippen LogP contribution in [-0.4, -0.2) is 12.1 Å². The molecule has 0 atom stereocenters. The Balaban J connectivity index is 3.40. The summed E-state index contributed by atoms with van der Waals surface area (Å²) >= 11 is 0. The number of carbonyl (C=O) groups excluding carboxylic acids is 1. The van der Waals surface area contributed by atoms with Crippen molar-refractivity contribution < 1.29 is 4.79 Å². The Morgan fingerprint density at radius 1 is 1.46 bits per heavy atom. The van der Waals surface area contributed by atoms with E-state index in [1.807, 2.05) is 13.8 Å². The van der Waals surface area contributed by atoms with Gasteiger partial charge in [0.05, 0.1) is 0 Å². The minimum Gasteiger partial charge on any atom is -0.273 e. The van der Waals surface area contributed by atoms with E-state index in [4.69, 9.17) is 0 Å². The third kappa shape index (κ3) is 9.05. The van der Waals surface area contributed by atoms with Crippen molar-refractivity contribution in [3.05, 3.63) is 0 Å². The maximum absolute atomic E-state index is 11.1. The first-order valence-electron chi connectivity index (χ1n) is 4.98. The molecule has 1 N–H and O–H groups in total. The zero-order valence-electron chi connectivity index (χ0n) is 8.84. The first kappa shape index (κ1) is 12.1. The Morgan fingerprint density at radius 2 is 2.15 bits per heavy atom. The van der Waals surface area contributed by atoms with Gasteiger partial charge in [-0.15, -0.1) is 0 Å². The summed E-state index contributed by atoms with van der Waals surface area (Å²) in [5, 5.41) is 3.82. The van der Waals surface area contributed by atoms with Crippen LogP contribution < -0.4 is 5.43 Å². The summed E-state index contributed by atoms with van der Waals surface area (Å²) in [4.78, 5) is 11.1. The van der Waals surface area contributed by atoms with Crippen LogP contribution in [0.25, 0.3) is 0 Å². The van der Waals surface area contributed by atoms with Gasteiger partial charge in [0.25, 0.3) is 0 Å². The molecule has 76 valence electrons.